The predicted molar refractivity (Wildman–Crippen MR) is 152 cm³/mol. The molecule has 0 aliphatic rings. The molecule has 0 aromatic heterocycles. The molecule has 4 aromatic rings. The summed E-state index contributed by atoms with van der Waals surface area (Å²) in [5.41, 5.74) is 2.00. The monoisotopic (exact) mass is 547 g/mol. The number of sulfonamides is 1. The fourth-order valence-corrected chi connectivity index (χ4v) is 4.98. The van der Waals surface area contributed by atoms with E-state index in [9.17, 15) is 18.0 Å². The van der Waals surface area contributed by atoms with Gasteiger partial charge in [0, 0.05) is 32.5 Å². The van der Waals surface area contributed by atoms with E-state index in [4.69, 9.17) is 9.47 Å². The van der Waals surface area contributed by atoms with E-state index < -0.39 is 35.1 Å². The summed E-state index contributed by atoms with van der Waals surface area (Å²) in [6, 6.07) is 26.0. The van der Waals surface area contributed by atoms with Crippen molar-refractivity contribution in [2.24, 2.45) is 0 Å². The third kappa shape index (κ3) is 6.85. The number of anilines is 3. The maximum atomic E-state index is 13.2. The zero-order chi connectivity index (χ0) is 28.0. The van der Waals surface area contributed by atoms with Crippen LogP contribution in [0, 0.1) is 0 Å². The summed E-state index contributed by atoms with van der Waals surface area (Å²) >= 11 is 0. The van der Waals surface area contributed by atoms with Crippen molar-refractivity contribution in [2.75, 3.05) is 48.9 Å². The van der Waals surface area contributed by atoms with Gasteiger partial charge in [0.2, 0.25) is 0 Å². The molecule has 0 unspecified atom stereocenters. The normalized spacial score (nSPS) is 11.1. The molecule has 0 bridgehead atoms. The average molecular weight is 548 g/mol. The Morgan fingerprint density at radius 1 is 0.769 bits per heavy atom. The molecule has 39 heavy (non-hydrogen) atoms. The van der Waals surface area contributed by atoms with Crippen molar-refractivity contribution in [2.45, 2.75) is 4.90 Å². The van der Waals surface area contributed by atoms with Crippen LogP contribution in [0.3, 0.4) is 0 Å². The molecule has 1 N–H and O–H groups in total. The third-order valence-corrected chi connectivity index (χ3v) is 7.75. The Bertz CT molecular complexity index is 1570. The van der Waals surface area contributed by atoms with E-state index in [0.29, 0.717) is 17.1 Å². The lowest BCUT2D eigenvalue weighted by molar-refractivity contribution is -0.149. The first kappa shape index (κ1) is 27.5. The first-order valence-corrected chi connectivity index (χ1v) is 13.5. The number of carbonyl (C=O) groups is 2. The minimum absolute atomic E-state index is 0.182. The first-order valence-electron chi connectivity index (χ1n) is 12.1. The first-order chi connectivity index (χ1) is 18.6. The molecule has 0 aliphatic carbocycles. The molecule has 4 rings (SSSR count). The van der Waals surface area contributed by atoms with Crippen LogP contribution in [0.25, 0.3) is 10.8 Å². The van der Waals surface area contributed by atoms with Gasteiger partial charge < -0.3 is 19.7 Å². The van der Waals surface area contributed by atoms with E-state index in [1.807, 2.05) is 55.4 Å². The molecule has 0 heterocycles. The number of nitrogens with one attached hydrogen (secondary N) is 1. The third-order valence-electron chi connectivity index (χ3n) is 5.97. The van der Waals surface area contributed by atoms with Crippen molar-refractivity contribution < 1.29 is 27.5 Å². The second-order valence-corrected chi connectivity index (χ2v) is 10.9. The molecule has 9 nitrogen and oxygen atoms in total. The lowest BCUT2D eigenvalue weighted by Gasteiger charge is -2.20. The van der Waals surface area contributed by atoms with Crippen molar-refractivity contribution in [3.05, 3.63) is 91.0 Å². The largest absolute Gasteiger partial charge is 0.482 e. The molecular weight excluding hydrogens is 518 g/mol. The Balaban J connectivity index is 1.27. The number of ether oxygens (including phenoxy) is 2. The highest BCUT2D eigenvalue weighted by molar-refractivity contribution is 7.92. The number of hydrogen-bond donors (Lipinski definition) is 1. The summed E-state index contributed by atoms with van der Waals surface area (Å²) in [5, 5.41) is 4.44. The highest BCUT2D eigenvalue weighted by atomic mass is 32.2. The number of carbonyl (C=O) groups excluding carboxylic acids is 2. The van der Waals surface area contributed by atoms with Crippen molar-refractivity contribution in [3.8, 4) is 5.75 Å². The van der Waals surface area contributed by atoms with Crippen LogP contribution in [0.5, 0.6) is 5.75 Å². The Labute approximate surface area is 227 Å². The summed E-state index contributed by atoms with van der Waals surface area (Å²) in [6.07, 6.45) is 0. The summed E-state index contributed by atoms with van der Waals surface area (Å²) in [6.45, 7) is -0.858. The Morgan fingerprint density at radius 2 is 1.41 bits per heavy atom. The summed E-state index contributed by atoms with van der Waals surface area (Å²) in [5.74, 6) is -0.841. The minimum Gasteiger partial charge on any atom is -0.482 e. The van der Waals surface area contributed by atoms with Crippen LogP contribution in [0.2, 0.25) is 0 Å². The molecule has 0 atom stereocenters. The van der Waals surface area contributed by atoms with Gasteiger partial charge in [0.1, 0.15) is 5.75 Å². The van der Waals surface area contributed by atoms with Crippen molar-refractivity contribution >= 4 is 49.7 Å². The van der Waals surface area contributed by atoms with Gasteiger partial charge in [0.15, 0.2) is 13.2 Å². The van der Waals surface area contributed by atoms with Crippen LogP contribution in [0.15, 0.2) is 95.9 Å². The van der Waals surface area contributed by atoms with E-state index in [0.717, 1.165) is 16.5 Å². The molecule has 202 valence electrons. The molecule has 0 saturated carbocycles. The van der Waals surface area contributed by atoms with Gasteiger partial charge in [-0.25, -0.2) is 13.2 Å². The van der Waals surface area contributed by atoms with E-state index in [1.165, 1.54) is 11.4 Å². The van der Waals surface area contributed by atoms with Gasteiger partial charge in [-0.2, -0.15) is 0 Å². The number of nitrogens with zero attached hydrogens (tertiary/aromatic N) is 2. The molecule has 0 aliphatic heterocycles. The zero-order valence-electron chi connectivity index (χ0n) is 21.8. The van der Waals surface area contributed by atoms with Crippen LogP contribution < -0.4 is 19.3 Å². The molecule has 4 aromatic carbocycles. The van der Waals surface area contributed by atoms with Crippen molar-refractivity contribution in [1.82, 2.24) is 0 Å². The maximum Gasteiger partial charge on any atom is 0.344 e. The Morgan fingerprint density at radius 3 is 2.08 bits per heavy atom. The molecule has 10 heteroatoms. The number of esters is 1. The van der Waals surface area contributed by atoms with E-state index in [-0.39, 0.29) is 4.90 Å². The average Bonchev–Trinajstić information content (AvgIpc) is 2.94. The highest BCUT2D eigenvalue weighted by Gasteiger charge is 2.21. The quantitative estimate of drug-likeness (QED) is 0.295. The van der Waals surface area contributed by atoms with Crippen LogP contribution in [-0.4, -0.2) is 54.7 Å². The van der Waals surface area contributed by atoms with Crippen LogP contribution in [-0.2, 0) is 24.3 Å². The van der Waals surface area contributed by atoms with Crippen LogP contribution in [0.1, 0.15) is 0 Å². The molecule has 1 amide bonds. The Kier molecular flexibility index (Phi) is 8.36. The standard InChI is InChI=1S/C29H29N3O6S/c1-31(2)24-11-9-23(10-12-24)30-28(33)19-38-29(34)20-37-26-15-13-25(14-16-26)32(3)39(35,36)27-17-8-21-6-4-5-7-22(21)18-27/h4-18H,19-20H2,1-3H3,(H,30,33). The summed E-state index contributed by atoms with van der Waals surface area (Å²) in [4.78, 5) is 26.2. The van der Waals surface area contributed by atoms with E-state index in [2.05, 4.69) is 5.32 Å². The summed E-state index contributed by atoms with van der Waals surface area (Å²) in [7, 11) is 1.52. The second-order valence-electron chi connectivity index (χ2n) is 8.91. The second kappa shape index (κ2) is 11.9. The van der Waals surface area contributed by atoms with Gasteiger partial charge in [0.25, 0.3) is 15.9 Å². The maximum absolute atomic E-state index is 13.2. The van der Waals surface area contributed by atoms with Gasteiger partial charge in [-0.1, -0.05) is 30.3 Å². The molecule has 0 fully saturated rings. The lowest BCUT2D eigenvalue weighted by atomic mass is 10.1. The predicted octanol–water partition coefficient (Wildman–Crippen LogP) is 4.29. The highest BCUT2D eigenvalue weighted by Crippen LogP contribution is 2.26. The Hall–Kier alpha value is -4.57. The number of benzene rings is 4. The van der Waals surface area contributed by atoms with E-state index >= 15 is 0 Å². The number of rotatable bonds is 10. The minimum atomic E-state index is -3.79. The van der Waals surface area contributed by atoms with Crippen molar-refractivity contribution in [3.63, 3.8) is 0 Å². The fourth-order valence-electron chi connectivity index (χ4n) is 3.75. The number of hydrogen-bond acceptors (Lipinski definition) is 7. The number of amides is 1. The molecule has 0 saturated heterocycles. The molecule has 0 spiro atoms. The lowest BCUT2D eigenvalue weighted by Crippen LogP contribution is -2.26. The van der Waals surface area contributed by atoms with Crippen molar-refractivity contribution in [1.29, 1.82) is 0 Å². The van der Waals surface area contributed by atoms with Gasteiger partial charge in [-0.3, -0.25) is 9.10 Å². The summed E-state index contributed by atoms with van der Waals surface area (Å²) < 4.78 is 37.9. The number of fused-ring (bicyclic) bond motifs is 1. The fraction of sp³-hybridized carbons (Fsp3) is 0.172. The van der Waals surface area contributed by atoms with Gasteiger partial charge in [-0.05, 0) is 71.4 Å². The van der Waals surface area contributed by atoms with Gasteiger partial charge in [-0.15, -0.1) is 0 Å². The molecule has 0 radical (unpaired) electrons. The smallest absolute Gasteiger partial charge is 0.344 e. The van der Waals surface area contributed by atoms with Gasteiger partial charge >= 0.3 is 5.97 Å². The van der Waals surface area contributed by atoms with Crippen LogP contribution >= 0.6 is 0 Å². The zero-order valence-corrected chi connectivity index (χ0v) is 22.6. The topological polar surface area (TPSA) is 105 Å². The van der Waals surface area contributed by atoms with Gasteiger partial charge in [0.05, 0.1) is 10.6 Å². The molecular formula is C29H29N3O6S. The van der Waals surface area contributed by atoms with Crippen LogP contribution in [0.4, 0.5) is 17.1 Å². The SMILES string of the molecule is CN(C)c1ccc(NC(=O)COC(=O)COc2ccc(N(C)S(=O)(=O)c3ccc4ccccc4c3)cc2)cc1. The van der Waals surface area contributed by atoms with E-state index in [1.54, 1.807) is 54.6 Å².